The van der Waals surface area contributed by atoms with Crippen LogP contribution in [0.4, 0.5) is 0 Å². The molecule has 1 aliphatic rings. The van der Waals surface area contributed by atoms with Gasteiger partial charge in [-0.15, -0.1) is 0 Å². The zero-order chi connectivity index (χ0) is 15.0. The Morgan fingerprint density at radius 1 is 1.00 bits per heavy atom. The van der Waals surface area contributed by atoms with Crippen LogP contribution in [0.15, 0.2) is 12.1 Å². The molecule has 0 radical (unpaired) electrons. The van der Waals surface area contributed by atoms with Crippen LogP contribution in [0.5, 0.6) is 0 Å². The first-order valence-corrected chi connectivity index (χ1v) is 5.83. The van der Waals surface area contributed by atoms with E-state index in [4.69, 9.17) is 0 Å². The van der Waals surface area contributed by atoms with Crippen LogP contribution in [0.3, 0.4) is 0 Å². The van der Waals surface area contributed by atoms with E-state index in [1.807, 2.05) is 19.1 Å². The van der Waals surface area contributed by atoms with Crippen molar-refractivity contribution in [2.24, 2.45) is 5.41 Å². The maximum atomic E-state index is 9.50. The van der Waals surface area contributed by atoms with Gasteiger partial charge in [-0.2, -0.15) is 21.0 Å². The number of nitrogens with zero attached hydrogens (tertiary/aromatic N) is 5. The van der Waals surface area contributed by atoms with Gasteiger partial charge in [0.2, 0.25) is 5.41 Å². The summed E-state index contributed by atoms with van der Waals surface area (Å²) in [5, 5.41) is 37.7. The normalized spacial score (nSPS) is 16.9. The Bertz CT molecular complexity index is 762. The van der Waals surface area contributed by atoms with Gasteiger partial charge in [-0.1, -0.05) is 6.08 Å². The highest BCUT2D eigenvalue weighted by atomic mass is 14.8. The quantitative estimate of drug-likeness (QED) is 0.708. The summed E-state index contributed by atoms with van der Waals surface area (Å²) in [5.74, 6) is 0. The van der Waals surface area contributed by atoms with Gasteiger partial charge in [0, 0.05) is 5.69 Å². The summed E-state index contributed by atoms with van der Waals surface area (Å²) in [5.41, 5.74) is -1.41. The minimum atomic E-state index is -1.92. The van der Waals surface area contributed by atoms with E-state index in [1.54, 1.807) is 31.2 Å². The number of aryl methyl sites for hydroxylation is 2. The van der Waals surface area contributed by atoms with Gasteiger partial charge in [0.15, 0.2) is 5.41 Å². The average molecular weight is 259 g/mol. The summed E-state index contributed by atoms with van der Waals surface area (Å²) in [7, 11) is 0. The molecule has 0 amide bonds. The first kappa shape index (κ1) is 13.3. The monoisotopic (exact) mass is 259 g/mol. The molecule has 0 unspecified atom stereocenters. The minimum absolute atomic E-state index is 0.177. The standard InChI is InChI=1S/C15H9N5/c1-10-5-12-3-4-14(6-16,7-17)15(8-18,9-19)13(12)20-11(10)2/h3-5H,1-2H3. The maximum absolute atomic E-state index is 9.50. The van der Waals surface area contributed by atoms with Gasteiger partial charge in [0.1, 0.15) is 0 Å². The van der Waals surface area contributed by atoms with Crippen molar-refractivity contribution in [1.29, 1.82) is 21.0 Å². The molecule has 1 heterocycles. The Balaban J connectivity index is 2.95. The molecule has 1 aromatic heterocycles. The first-order valence-electron chi connectivity index (χ1n) is 5.83. The number of aromatic nitrogens is 1. The number of fused-ring (bicyclic) bond motifs is 1. The van der Waals surface area contributed by atoms with Gasteiger partial charge < -0.3 is 0 Å². The molecule has 1 aromatic rings. The zero-order valence-corrected chi connectivity index (χ0v) is 11.0. The van der Waals surface area contributed by atoms with Crippen LogP contribution in [0.1, 0.15) is 22.5 Å². The molecule has 0 aliphatic heterocycles. The number of pyridine rings is 1. The third-order valence-electron chi connectivity index (χ3n) is 3.64. The second-order valence-corrected chi connectivity index (χ2v) is 4.67. The molecule has 0 fully saturated rings. The second-order valence-electron chi connectivity index (χ2n) is 4.67. The summed E-state index contributed by atoms with van der Waals surface area (Å²) >= 11 is 0. The highest BCUT2D eigenvalue weighted by Gasteiger charge is 2.58. The Kier molecular flexibility index (Phi) is 2.79. The molecular weight excluding hydrogens is 250 g/mol. The summed E-state index contributed by atoms with van der Waals surface area (Å²) in [4.78, 5) is 4.30. The van der Waals surface area contributed by atoms with Crippen molar-refractivity contribution < 1.29 is 0 Å². The van der Waals surface area contributed by atoms with Crippen LogP contribution in [0, 0.1) is 64.6 Å². The fraction of sp³-hybridized carbons (Fsp3) is 0.267. The van der Waals surface area contributed by atoms with Crippen molar-refractivity contribution in [2.45, 2.75) is 19.3 Å². The van der Waals surface area contributed by atoms with Gasteiger partial charge in [-0.25, -0.2) is 0 Å². The molecule has 1 aliphatic carbocycles. The Hall–Kier alpha value is -3.15. The molecule has 20 heavy (non-hydrogen) atoms. The summed E-state index contributed by atoms with van der Waals surface area (Å²) in [6.07, 6.45) is 2.90. The molecule has 0 N–H and O–H groups in total. The molecule has 5 nitrogen and oxygen atoms in total. The van der Waals surface area contributed by atoms with Crippen LogP contribution >= 0.6 is 0 Å². The van der Waals surface area contributed by atoms with Gasteiger partial charge in [-0.3, -0.25) is 4.98 Å². The van der Waals surface area contributed by atoms with Crippen LogP contribution in [0.2, 0.25) is 0 Å². The van der Waals surface area contributed by atoms with E-state index in [-0.39, 0.29) is 5.69 Å². The smallest absolute Gasteiger partial charge is 0.220 e. The van der Waals surface area contributed by atoms with Crippen molar-refractivity contribution >= 4 is 6.08 Å². The first-order chi connectivity index (χ1) is 9.50. The van der Waals surface area contributed by atoms with Crippen LogP contribution in [-0.2, 0) is 5.41 Å². The van der Waals surface area contributed by atoms with Crippen LogP contribution < -0.4 is 0 Å². The average Bonchev–Trinajstić information content (AvgIpc) is 2.47. The lowest BCUT2D eigenvalue weighted by atomic mass is 9.61. The van der Waals surface area contributed by atoms with E-state index < -0.39 is 10.8 Å². The Labute approximate surface area is 116 Å². The largest absolute Gasteiger partial charge is 0.254 e. The van der Waals surface area contributed by atoms with Crippen molar-refractivity contribution in [3.8, 4) is 24.3 Å². The molecule has 0 saturated carbocycles. The van der Waals surface area contributed by atoms with Crippen molar-refractivity contribution in [2.75, 3.05) is 0 Å². The summed E-state index contributed by atoms with van der Waals surface area (Å²) < 4.78 is 0. The van der Waals surface area contributed by atoms with E-state index in [1.165, 1.54) is 6.08 Å². The lowest BCUT2D eigenvalue weighted by molar-refractivity contribution is 0.472. The summed E-state index contributed by atoms with van der Waals surface area (Å²) in [6.45, 7) is 3.63. The maximum Gasteiger partial charge on any atom is 0.220 e. The van der Waals surface area contributed by atoms with E-state index in [0.717, 1.165) is 5.56 Å². The van der Waals surface area contributed by atoms with E-state index in [9.17, 15) is 21.0 Å². The molecule has 94 valence electrons. The molecule has 5 heteroatoms. The Morgan fingerprint density at radius 3 is 2.10 bits per heavy atom. The number of allylic oxidation sites excluding steroid dienone is 1. The van der Waals surface area contributed by atoms with Crippen molar-refractivity contribution in [1.82, 2.24) is 4.98 Å². The highest BCUT2D eigenvalue weighted by Crippen LogP contribution is 2.46. The van der Waals surface area contributed by atoms with Crippen LogP contribution in [-0.4, -0.2) is 4.98 Å². The van der Waals surface area contributed by atoms with Crippen molar-refractivity contribution in [3.05, 3.63) is 34.7 Å². The predicted octanol–water partition coefficient (Wildman–Crippen LogP) is 2.04. The number of hydrogen-bond donors (Lipinski definition) is 0. The third kappa shape index (κ3) is 1.36. The molecule has 0 aromatic carbocycles. The number of hydrogen-bond acceptors (Lipinski definition) is 5. The molecule has 0 spiro atoms. The van der Waals surface area contributed by atoms with E-state index in [0.29, 0.717) is 11.3 Å². The van der Waals surface area contributed by atoms with E-state index >= 15 is 0 Å². The molecule has 2 rings (SSSR count). The highest BCUT2D eigenvalue weighted by molar-refractivity contribution is 5.69. The minimum Gasteiger partial charge on any atom is -0.254 e. The number of rotatable bonds is 0. The third-order valence-corrected chi connectivity index (χ3v) is 3.64. The number of nitriles is 4. The molecule has 0 saturated heterocycles. The Morgan fingerprint density at radius 2 is 1.60 bits per heavy atom. The fourth-order valence-electron chi connectivity index (χ4n) is 2.25. The summed E-state index contributed by atoms with van der Waals surface area (Å²) in [6, 6.07) is 9.09. The van der Waals surface area contributed by atoms with Gasteiger partial charge in [-0.05, 0) is 37.1 Å². The lowest BCUT2D eigenvalue weighted by Gasteiger charge is -2.32. The molecular formula is C15H9N5. The van der Waals surface area contributed by atoms with Crippen LogP contribution in [0.25, 0.3) is 6.08 Å². The molecule has 0 bridgehead atoms. The topological polar surface area (TPSA) is 108 Å². The SMILES string of the molecule is Cc1cc2c(nc1C)C(C#N)(C#N)C(C#N)(C#N)C=C2. The fourth-order valence-corrected chi connectivity index (χ4v) is 2.25. The zero-order valence-electron chi connectivity index (χ0n) is 11.0. The van der Waals surface area contributed by atoms with E-state index in [2.05, 4.69) is 4.98 Å². The van der Waals surface area contributed by atoms with Gasteiger partial charge in [0.05, 0.1) is 30.0 Å². The van der Waals surface area contributed by atoms with Gasteiger partial charge >= 0.3 is 0 Å². The van der Waals surface area contributed by atoms with Gasteiger partial charge in [0.25, 0.3) is 0 Å². The second kappa shape index (κ2) is 4.20. The van der Waals surface area contributed by atoms with Crippen molar-refractivity contribution in [3.63, 3.8) is 0 Å². The predicted molar refractivity (Wildman–Crippen MR) is 69.3 cm³/mol. The lowest BCUT2D eigenvalue weighted by Crippen LogP contribution is -2.44. The molecule has 0 atom stereocenters.